The number of aromatic nitrogens is 4. The standard InChI is InChI=1S/C26H28N6O4/c1-4-13-30-24(35)20-12-11-19(23(34)28-17(3)5-2)14-21(20)32-25(30)29-31(26(32)36)16-22(33)27-15-18-9-7-6-8-10-18/h4,6-12,14,17H,1,5,13,15-16H2,2-3H3,(H,27,33)(H,28,34)/t17-/m1/s1. The van der Waals surface area contributed by atoms with Gasteiger partial charge in [-0.05, 0) is 37.1 Å². The zero-order valence-corrected chi connectivity index (χ0v) is 20.2. The molecule has 2 aromatic heterocycles. The topological polar surface area (TPSA) is 120 Å². The van der Waals surface area contributed by atoms with Crippen molar-refractivity contribution in [2.75, 3.05) is 0 Å². The van der Waals surface area contributed by atoms with Crippen LogP contribution in [0.2, 0.25) is 0 Å². The number of hydrogen-bond acceptors (Lipinski definition) is 5. The molecule has 0 unspecified atom stereocenters. The minimum Gasteiger partial charge on any atom is -0.350 e. The van der Waals surface area contributed by atoms with Crippen LogP contribution in [-0.2, 0) is 24.4 Å². The molecule has 36 heavy (non-hydrogen) atoms. The van der Waals surface area contributed by atoms with E-state index in [0.29, 0.717) is 12.1 Å². The summed E-state index contributed by atoms with van der Waals surface area (Å²) in [7, 11) is 0. The number of nitrogens with zero attached hydrogens (tertiary/aromatic N) is 4. The van der Waals surface area contributed by atoms with E-state index in [1.807, 2.05) is 44.2 Å². The van der Waals surface area contributed by atoms with Gasteiger partial charge >= 0.3 is 5.69 Å². The van der Waals surface area contributed by atoms with E-state index in [0.717, 1.165) is 16.7 Å². The van der Waals surface area contributed by atoms with Gasteiger partial charge in [-0.2, -0.15) is 0 Å². The van der Waals surface area contributed by atoms with E-state index < -0.39 is 11.6 Å². The Labute approximate surface area is 206 Å². The van der Waals surface area contributed by atoms with Crippen molar-refractivity contribution >= 4 is 28.5 Å². The predicted octanol–water partition coefficient (Wildman–Crippen LogP) is 1.84. The van der Waals surface area contributed by atoms with Gasteiger partial charge in [-0.3, -0.25) is 19.0 Å². The fraction of sp³-hybridized carbons (Fsp3) is 0.269. The van der Waals surface area contributed by atoms with Crippen molar-refractivity contribution in [3.05, 3.63) is 93.2 Å². The summed E-state index contributed by atoms with van der Waals surface area (Å²) >= 11 is 0. The molecule has 0 saturated heterocycles. The number of fused-ring (bicyclic) bond motifs is 3. The molecular weight excluding hydrogens is 460 g/mol. The molecule has 0 bridgehead atoms. The largest absolute Gasteiger partial charge is 0.352 e. The maximum absolute atomic E-state index is 13.4. The van der Waals surface area contributed by atoms with E-state index in [-0.39, 0.29) is 47.3 Å². The number of amides is 2. The summed E-state index contributed by atoms with van der Waals surface area (Å²) in [5.74, 6) is -0.650. The lowest BCUT2D eigenvalue weighted by atomic mass is 10.1. The van der Waals surface area contributed by atoms with Crippen molar-refractivity contribution in [2.24, 2.45) is 0 Å². The van der Waals surface area contributed by atoms with E-state index in [1.165, 1.54) is 27.2 Å². The van der Waals surface area contributed by atoms with Crippen molar-refractivity contribution in [1.82, 2.24) is 29.4 Å². The van der Waals surface area contributed by atoms with Gasteiger partial charge in [0.05, 0.1) is 10.9 Å². The number of allylic oxidation sites excluding steroid dienone is 1. The van der Waals surface area contributed by atoms with Gasteiger partial charge in [-0.15, -0.1) is 11.7 Å². The second-order valence-electron chi connectivity index (χ2n) is 8.56. The van der Waals surface area contributed by atoms with Gasteiger partial charge in [0.2, 0.25) is 11.7 Å². The third-order valence-corrected chi connectivity index (χ3v) is 5.97. The molecule has 0 saturated carbocycles. The monoisotopic (exact) mass is 488 g/mol. The van der Waals surface area contributed by atoms with Crippen LogP contribution in [0.3, 0.4) is 0 Å². The quantitative estimate of drug-likeness (QED) is 0.349. The van der Waals surface area contributed by atoms with Gasteiger partial charge in [-0.1, -0.05) is 43.3 Å². The second kappa shape index (κ2) is 10.4. The minimum atomic E-state index is -0.595. The molecule has 2 N–H and O–H groups in total. The zero-order chi connectivity index (χ0) is 25.8. The number of nitrogens with one attached hydrogen (secondary N) is 2. The van der Waals surface area contributed by atoms with E-state index >= 15 is 0 Å². The molecule has 2 heterocycles. The molecule has 0 fully saturated rings. The highest BCUT2D eigenvalue weighted by Crippen LogP contribution is 2.15. The van der Waals surface area contributed by atoms with Crippen LogP contribution in [0, 0.1) is 0 Å². The third-order valence-electron chi connectivity index (χ3n) is 5.97. The van der Waals surface area contributed by atoms with Gasteiger partial charge in [0, 0.05) is 24.7 Å². The fourth-order valence-corrected chi connectivity index (χ4v) is 3.85. The van der Waals surface area contributed by atoms with Crippen molar-refractivity contribution in [3.63, 3.8) is 0 Å². The number of hydrogen-bond donors (Lipinski definition) is 2. The van der Waals surface area contributed by atoms with Gasteiger partial charge in [0.15, 0.2) is 0 Å². The number of carbonyl (C=O) groups is 2. The van der Waals surface area contributed by atoms with E-state index in [9.17, 15) is 19.2 Å². The maximum atomic E-state index is 13.4. The van der Waals surface area contributed by atoms with Gasteiger partial charge < -0.3 is 10.6 Å². The average molecular weight is 489 g/mol. The molecule has 1 atom stereocenters. The Morgan fingerprint density at radius 2 is 1.89 bits per heavy atom. The predicted molar refractivity (Wildman–Crippen MR) is 137 cm³/mol. The van der Waals surface area contributed by atoms with Crippen LogP contribution >= 0.6 is 0 Å². The van der Waals surface area contributed by atoms with Crippen molar-refractivity contribution < 1.29 is 9.59 Å². The summed E-state index contributed by atoms with van der Waals surface area (Å²) < 4.78 is 3.58. The fourth-order valence-electron chi connectivity index (χ4n) is 3.85. The Morgan fingerprint density at radius 3 is 2.58 bits per heavy atom. The van der Waals surface area contributed by atoms with Crippen molar-refractivity contribution in [1.29, 1.82) is 0 Å². The summed E-state index contributed by atoms with van der Waals surface area (Å²) in [6.07, 6.45) is 2.28. The zero-order valence-electron chi connectivity index (χ0n) is 20.2. The molecule has 2 amide bonds. The Hall–Kier alpha value is -4.47. The molecule has 10 nitrogen and oxygen atoms in total. The van der Waals surface area contributed by atoms with E-state index in [2.05, 4.69) is 22.3 Å². The molecule has 4 aromatic rings. The summed E-state index contributed by atoms with van der Waals surface area (Å²) in [6.45, 7) is 7.63. The van der Waals surface area contributed by atoms with Crippen LogP contribution in [0.5, 0.6) is 0 Å². The first-order chi connectivity index (χ1) is 17.3. The van der Waals surface area contributed by atoms with Gasteiger partial charge in [0.25, 0.3) is 11.5 Å². The van der Waals surface area contributed by atoms with Crippen LogP contribution < -0.4 is 21.9 Å². The van der Waals surface area contributed by atoms with Gasteiger partial charge in [-0.25, -0.2) is 13.9 Å². The second-order valence-corrected chi connectivity index (χ2v) is 8.56. The molecular formula is C26H28N6O4. The van der Waals surface area contributed by atoms with Crippen molar-refractivity contribution in [3.8, 4) is 0 Å². The average Bonchev–Trinajstić information content (AvgIpc) is 3.20. The first-order valence-corrected chi connectivity index (χ1v) is 11.7. The first-order valence-electron chi connectivity index (χ1n) is 11.7. The minimum absolute atomic E-state index is 0.0336. The SMILES string of the molecule is C=CCn1c(=O)c2ccc(C(=O)N[C@H](C)CC)cc2n2c(=O)n(CC(=O)NCc3ccccc3)nc12. The van der Waals surface area contributed by atoms with E-state index in [4.69, 9.17) is 0 Å². The Balaban J connectivity index is 1.77. The molecule has 0 aliphatic rings. The number of benzene rings is 2. The molecule has 10 heteroatoms. The summed E-state index contributed by atoms with van der Waals surface area (Å²) in [5, 5.41) is 10.2. The van der Waals surface area contributed by atoms with Crippen molar-refractivity contribution in [2.45, 2.75) is 45.9 Å². The summed E-state index contributed by atoms with van der Waals surface area (Å²) in [6, 6.07) is 13.9. The molecule has 0 aliphatic carbocycles. The molecule has 186 valence electrons. The molecule has 2 aromatic carbocycles. The number of rotatable bonds is 9. The Bertz CT molecular complexity index is 1560. The summed E-state index contributed by atoms with van der Waals surface area (Å²) in [5.41, 5.74) is 0.500. The Morgan fingerprint density at radius 1 is 1.14 bits per heavy atom. The highest BCUT2D eigenvalue weighted by molar-refractivity contribution is 5.98. The van der Waals surface area contributed by atoms with Crippen LogP contribution in [0.25, 0.3) is 16.7 Å². The Kier molecular flexibility index (Phi) is 7.14. The lowest BCUT2D eigenvalue weighted by molar-refractivity contribution is -0.122. The van der Waals surface area contributed by atoms with Crippen LogP contribution in [-0.4, -0.2) is 36.6 Å². The highest BCUT2D eigenvalue weighted by atomic mass is 16.2. The van der Waals surface area contributed by atoms with Crippen LogP contribution in [0.1, 0.15) is 36.2 Å². The third kappa shape index (κ3) is 4.83. The highest BCUT2D eigenvalue weighted by Gasteiger charge is 2.20. The lowest BCUT2D eigenvalue weighted by Gasteiger charge is -2.12. The van der Waals surface area contributed by atoms with Gasteiger partial charge in [0.1, 0.15) is 6.54 Å². The lowest BCUT2D eigenvalue weighted by Crippen LogP contribution is -2.33. The molecule has 0 aliphatic heterocycles. The summed E-state index contributed by atoms with van der Waals surface area (Å²) in [4.78, 5) is 51.9. The van der Waals surface area contributed by atoms with E-state index in [1.54, 1.807) is 6.07 Å². The molecule has 4 rings (SSSR count). The smallest absolute Gasteiger partial charge is 0.350 e. The van der Waals surface area contributed by atoms with Crippen LogP contribution in [0.4, 0.5) is 0 Å². The normalized spacial score (nSPS) is 11.9. The molecule has 0 spiro atoms. The maximum Gasteiger partial charge on any atom is 0.352 e. The number of carbonyl (C=O) groups excluding carboxylic acids is 2. The molecule has 0 radical (unpaired) electrons. The van der Waals surface area contributed by atoms with Crippen LogP contribution in [0.15, 0.2) is 70.8 Å². The first kappa shape index (κ1) is 24.6.